The van der Waals surface area contributed by atoms with Crippen LogP contribution in [0.1, 0.15) is 46.6 Å². The van der Waals surface area contributed by atoms with Gasteiger partial charge in [0.25, 0.3) is 0 Å². The van der Waals surface area contributed by atoms with E-state index < -0.39 is 24.0 Å². The predicted molar refractivity (Wildman–Crippen MR) is 96.0 cm³/mol. The normalized spacial score (nSPS) is 14.2. The molecule has 0 amide bonds. The highest BCUT2D eigenvalue weighted by Crippen LogP contribution is 2.19. The molecule has 0 aromatic heterocycles. The Bertz CT molecular complexity index is 574. The maximum absolute atomic E-state index is 11.5. The van der Waals surface area contributed by atoms with E-state index in [0.29, 0.717) is 12.2 Å². The van der Waals surface area contributed by atoms with Crippen LogP contribution in [0.4, 0.5) is 0 Å². The van der Waals surface area contributed by atoms with Gasteiger partial charge in [0.05, 0.1) is 0 Å². The van der Waals surface area contributed by atoms with Gasteiger partial charge >= 0.3 is 11.9 Å². The zero-order valence-corrected chi connectivity index (χ0v) is 15.6. The van der Waals surface area contributed by atoms with E-state index in [4.69, 9.17) is 4.74 Å². The van der Waals surface area contributed by atoms with E-state index in [-0.39, 0.29) is 17.9 Å². The van der Waals surface area contributed by atoms with Crippen molar-refractivity contribution >= 4 is 11.9 Å². The van der Waals surface area contributed by atoms with E-state index in [2.05, 4.69) is 5.32 Å². The number of benzene rings is 1. The van der Waals surface area contributed by atoms with E-state index in [1.807, 2.05) is 34.6 Å². The van der Waals surface area contributed by atoms with Gasteiger partial charge in [0.1, 0.15) is 23.4 Å². The number of carbonyl (C=O) groups is 2. The first-order valence-corrected chi connectivity index (χ1v) is 8.47. The van der Waals surface area contributed by atoms with Crippen LogP contribution in [0.3, 0.4) is 0 Å². The van der Waals surface area contributed by atoms with Crippen LogP contribution in [0.2, 0.25) is 0 Å². The average molecular weight is 351 g/mol. The maximum Gasteiger partial charge on any atom is 0.321 e. The van der Waals surface area contributed by atoms with E-state index in [9.17, 15) is 19.8 Å². The van der Waals surface area contributed by atoms with Crippen LogP contribution in [-0.4, -0.2) is 39.8 Å². The Balaban J connectivity index is 2.80. The van der Waals surface area contributed by atoms with Gasteiger partial charge in [0.15, 0.2) is 0 Å². The number of hydrogen-bond acceptors (Lipinski definition) is 4. The fourth-order valence-corrected chi connectivity index (χ4v) is 2.45. The van der Waals surface area contributed by atoms with Crippen molar-refractivity contribution in [1.29, 1.82) is 0 Å². The predicted octanol–water partition coefficient (Wildman–Crippen LogP) is 2.95. The zero-order chi connectivity index (χ0) is 19.2. The average Bonchev–Trinajstić information content (AvgIpc) is 2.45. The van der Waals surface area contributed by atoms with Crippen molar-refractivity contribution in [3.8, 4) is 5.75 Å². The Labute approximate surface area is 149 Å². The lowest BCUT2D eigenvalue weighted by atomic mass is 10.0. The van der Waals surface area contributed by atoms with Gasteiger partial charge < -0.3 is 14.9 Å². The van der Waals surface area contributed by atoms with Crippen LogP contribution < -0.4 is 10.1 Å². The summed E-state index contributed by atoms with van der Waals surface area (Å²) in [6.45, 7) is 9.66. The molecule has 0 unspecified atom stereocenters. The Kier molecular flexibility index (Phi) is 7.42. The molecule has 3 N–H and O–H groups in total. The lowest BCUT2D eigenvalue weighted by molar-refractivity contribution is -0.142. The number of hydrogen-bond donors (Lipinski definition) is 3. The van der Waals surface area contributed by atoms with Crippen molar-refractivity contribution in [3.05, 3.63) is 29.8 Å². The summed E-state index contributed by atoms with van der Waals surface area (Å²) in [7, 11) is 0. The second kappa shape index (κ2) is 8.85. The number of nitrogens with one attached hydrogen (secondary N) is 1. The Hall–Kier alpha value is -2.08. The van der Waals surface area contributed by atoms with Crippen LogP contribution >= 0.6 is 0 Å². The standard InChI is InChI=1S/C19H29NO5/c1-12(2)10-15(17(21)22)20-16(18(23)24)11-13-6-8-14(9-7-13)25-19(3,4)5/h6-9,12,15-16,20H,10-11H2,1-5H3,(H,21,22)(H,23,24)/t15-,16-/m0/s1. The first-order valence-electron chi connectivity index (χ1n) is 8.47. The molecule has 0 radical (unpaired) electrons. The fraction of sp³-hybridized carbons (Fsp3) is 0.579. The minimum atomic E-state index is -1.06. The second-order valence-electron chi connectivity index (χ2n) is 7.64. The third-order valence-corrected chi connectivity index (χ3v) is 3.49. The van der Waals surface area contributed by atoms with Crippen molar-refractivity contribution in [1.82, 2.24) is 5.32 Å². The van der Waals surface area contributed by atoms with Crippen molar-refractivity contribution < 1.29 is 24.5 Å². The van der Waals surface area contributed by atoms with Crippen LogP contribution in [0, 0.1) is 5.92 Å². The van der Waals surface area contributed by atoms with Crippen LogP contribution in [-0.2, 0) is 16.0 Å². The first-order chi connectivity index (χ1) is 11.5. The van der Waals surface area contributed by atoms with Gasteiger partial charge in [-0.05, 0) is 57.2 Å². The van der Waals surface area contributed by atoms with Crippen molar-refractivity contribution in [2.75, 3.05) is 0 Å². The Morgan fingerprint density at radius 3 is 1.96 bits per heavy atom. The first kappa shape index (κ1) is 21.0. The summed E-state index contributed by atoms with van der Waals surface area (Å²) >= 11 is 0. The minimum Gasteiger partial charge on any atom is -0.488 e. The smallest absolute Gasteiger partial charge is 0.321 e. The molecule has 6 nitrogen and oxygen atoms in total. The summed E-state index contributed by atoms with van der Waals surface area (Å²) in [5.41, 5.74) is 0.493. The zero-order valence-electron chi connectivity index (χ0n) is 15.6. The van der Waals surface area contributed by atoms with E-state index in [1.165, 1.54) is 0 Å². The second-order valence-corrected chi connectivity index (χ2v) is 7.64. The molecule has 25 heavy (non-hydrogen) atoms. The van der Waals surface area contributed by atoms with E-state index in [1.54, 1.807) is 24.3 Å². The van der Waals surface area contributed by atoms with Crippen LogP contribution in [0.25, 0.3) is 0 Å². The molecule has 0 spiro atoms. The summed E-state index contributed by atoms with van der Waals surface area (Å²) < 4.78 is 5.74. The highest BCUT2D eigenvalue weighted by molar-refractivity contribution is 5.77. The number of carboxylic acids is 2. The molecule has 1 aromatic rings. The molecule has 1 rings (SSSR count). The Morgan fingerprint density at radius 1 is 1.04 bits per heavy atom. The molecule has 2 atom stereocenters. The third kappa shape index (κ3) is 8.03. The van der Waals surface area contributed by atoms with Crippen molar-refractivity contribution in [2.45, 2.75) is 65.1 Å². The molecule has 1 aromatic carbocycles. The molecule has 0 aliphatic carbocycles. The summed E-state index contributed by atoms with van der Waals surface area (Å²) in [5.74, 6) is -1.24. The van der Waals surface area contributed by atoms with Crippen molar-refractivity contribution in [2.24, 2.45) is 5.92 Å². The molecule has 0 bridgehead atoms. The highest BCUT2D eigenvalue weighted by atomic mass is 16.5. The molecule has 0 aliphatic heterocycles. The number of aliphatic carboxylic acids is 2. The fourth-order valence-electron chi connectivity index (χ4n) is 2.45. The van der Waals surface area contributed by atoms with Gasteiger partial charge in [-0.25, -0.2) is 0 Å². The number of rotatable bonds is 9. The van der Waals surface area contributed by atoms with Crippen molar-refractivity contribution in [3.63, 3.8) is 0 Å². The van der Waals surface area contributed by atoms with Gasteiger partial charge in [-0.1, -0.05) is 26.0 Å². The van der Waals surface area contributed by atoms with Gasteiger partial charge in [0.2, 0.25) is 0 Å². The van der Waals surface area contributed by atoms with Crippen LogP contribution in [0.5, 0.6) is 5.75 Å². The van der Waals surface area contributed by atoms with Gasteiger partial charge in [-0.15, -0.1) is 0 Å². The van der Waals surface area contributed by atoms with Crippen LogP contribution in [0.15, 0.2) is 24.3 Å². The van der Waals surface area contributed by atoms with E-state index >= 15 is 0 Å². The number of carboxylic acid groups (broad SMARTS) is 2. The molecule has 0 heterocycles. The minimum absolute atomic E-state index is 0.150. The maximum atomic E-state index is 11.5. The largest absolute Gasteiger partial charge is 0.488 e. The Morgan fingerprint density at radius 2 is 1.56 bits per heavy atom. The summed E-state index contributed by atoms with van der Waals surface area (Å²) in [6.07, 6.45) is 0.574. The summed E-state index contributed by atoms with van der Waals surface area (Å²) in [4.78, 5) is 22.9. The molecular formula is C19H29NO5. The topological polar surface area (TPSA) is 95.9 Å². The molecule has 140 valence electrons. The quantitative estimate of drug-likeness (QED) is 0.633. The number of ether oxygens (including phenoxy) is 1. The third-order valence-electron chi connectivity index (χ3n) is 3.49. The van der Waals surface area contributed by atoms with Gasteiger partial charge in [0, 0.05) is 0 Å². The molecule has 0 aliphatic rings. The molecular weight excluding hydrogens is 322 g/mol. The SMILES string of the molecule is CC(C)C[C@H](N[C@@H](Cc1ccc(OC(C)(C)C)cc1)C(=O)O)C(=O)O. The molecule has 0 fully saturated rings. The van der Waals surface area contributed by atoms with Gasteiger partial charge in [-0.3, -0.25) is 14.9 Å². The lowest BCUT2D eigenvalue weighted by Gasteiger charge is -2.23. The molecule has 0 saturated heterocycles. The summed E-state index contributed by atoms with van der Waals surface area (Å²) in [6, 6.07) is 5.34. The highest BCUT2D eigenvalue weighted by Gasteiger charge is 2.26. The monoisotopic (exact) mass is 351 g/mol. The molecule has 6 heteroatoms. The molecule has 0 saturated carbocycles. The van der Waals surface area contributed by atoms with E-state index in [0.717, 1.165) is 5.56 Å². The lowest BCUT2D eigenvalue weighted by Crippen LogP contribution is -2.48. The van der Waals surface area contributed by atoms with Gasteiger partial charge in [-0.2, -0.15) is 0 Å². The summed E-state index contributed by atoms with van der Waals surface area (Å²) in [5, 5.41) is 21.5.